The van der Waals surface area contributed by atoms with Gasteiger partial charge in [0.25, 0.3) is 5.91 Å². The number of furan rings is 1. The molecule has 0 fully saturated rings. The van der Waals surface area contributed by atoms with Gasteiger partial charge in [0.15, 0.2) is 5.76 Å². The van der Waals surface area contributed by atoms with Crippen LogP contribution in [0.4, 0.5) is 5.69 Å². The molecule has 0 radical (unpaired) electrons. The lowest BCUT2D eigenvalue weighted by molar-refractivity contribution is 0.0998. The number of carbonyl (C=O) groups excluding carboxylic acids is 1. The maximum atomic E-state index is 12.6. The molecule has 5 nitrogen and oxygen atoms in total. The molecule has 0 saturated carbocycles. The van der Waals surface area contributed by atoms with Crippen molar-refractivity contribution in [2.45, 2.75) is 13.5 Å². The molecule has 2 aromatic carbocycles. The zero-order valence-corrected chi connectivity index (χ0v) is 14.9. The number of nitrogens with zero attached hydrogens (tertiary/aromatic N) is 1. The highest BCUT2D eigenvalue weighted by Crippen LogP contribution is 2.29. The fourth-order valence-electron chi connectivity index (χ4n) is 2.84. The van der Waals surface area contributed by atoms with E-state index >= 15 is 0 Å². The Bertz CT molecular complexity index is 912. The van der Waals surface area contributed by atoms with Crippen LogP contribution in [0.5, 0.6) is 5.75 Å². The van der Waals surface area contributed by atoms with Gasteiger partial charge in [-0.2, -0.15) is 0 Å². The van der Waals surface area contributed by atoms with Crippen LogP contribution in [0.25, 0.3) is 11.0 Å². The molecule has 1 amide bonds. The Kier molecular flexibility index (Phi) is 4.76. The van der Waals surface area contributed by atoms with Gasteiger partial charge in [0, 0.05) is 23.2 Å². The number of amides is 1. The van der Waals surface area contributed by atoms with Crippen LogP contribution in [-0.4, -0.2) is 32.0 Å². The first-order valence-corrected chi connectivity index (χ1v) is 8.10. The molecule has 5 heteroatoms. The largest absolute Gasteiger partial charge is 0.497 e. The molecule has 0 atom stereocenters. The highest BCUT2D eigenvalue weighted by Gasteiger charge is 2.18. The molecule has 0 spiro atoms. The number of fused-ring (bicyclic) bond motifs is 1. The fourth-order valence-corrected chi connectivity index (χ4v) is 2.84. The van der Waals surface area contributed by atoms with E-state index in [1.807, 2.05) is 63.5 Å². The van der Waals surface area contributed by atoms with Gasteiger partial charge in [0.05, 0.1) is 7.11 Å². The Morgan fingerprint density at radius 3 is 2.72 bits per heavy atom. The number of benzene rings is 2. The van der Waals surface area contributed by atoms with Crippen molar-refractivity contribution < 1.29 is 13.9 Å². The minimum atomic E-state index is -0.255. The first-order valence-electron chi connectivity index (χ1n) is 8.10. The first-order chi connectivity index (χ1) is 12.0. The molecule has 3 rings (SSSR count). The van der Waals surface area contributed by atoms with Gasteiger partial charge < -0.3 is 19.4 Å². The van der Waals surface area contributed by atoms with E-state index in [4.69, 9.17) is 9.15 Å². The minimum absolute atomic E-state index is 0.255. The van der Waals surface area contributed by atoms with E-state index in [2.05, 4.69) is 10.2 Å². The van der Waals surface area contributed by atoms with Crippen molar-refractivity contribution in [3.63, 3.8) is 0 Å². The first kappa shape index (κ1) is 17.0. The maximum absolute atomic E-state index is 12.6. The molecule has 1 N–H and O–H groups in total. The molecule has 0 bridgehead atoms. The predicted octanol–water partition coefficient (Wildman–Crippen LogP) is 4.06. The molecule has 0 saturated heterocycles. The lowest BCUT2D eigenvalue weighted by Gasteiger charge is -2.11. The average Bonchev–Trinajstić information content (AvgIpc) is 2.91. The molecular weight excluding hydrogens is 316 g/mol. The van der Waals surface area contributed by atoms with Crippen molar-refractivity contribution in [3.8, 4) is 5.75 Å². The van der Waals surface area contributed by atoms with Gasteiger partial charge in [-0.3, -0.25) is 4.79 Å². The molecule has 1 heterocycles. The Labute approximate surface area is 147 Å². The summed E-state index contributed by atoms with van der Waals surface area (Å²) in [5.74, 6) is 0.802. The van der Waals surface area contributed by atoms with Crippen LogP contribution in [-0.2, 0) is 6.54 Å². The van der Waals surface area contributed by atoms with Crippen LogP contribution < -0.4 is 10.1 Å². The summed E-state index contributed by atoms with van der Waals surface area (Å²) in [6.07, 6.45) is 0. The Balaban J connectivity index is 1.86. The third-order valence-corrected chi connectivity index (χ3v) is 4.03. The summed E-state index contributed by atoms with van der Waals surface area (Å²) in [4.78, 5) is 14.7. The second kappa shape index (κ2) is 6.99. The van der Waals surface area contributed by atoms with Crippen molar-refractivity contribution in [3.05, 3.63) is 59.4 Å². The number of rotatable bonds is 5. The molecular formula is C20H22N2O3. The zero-order valence-electron chi connectivity index (χ0n) is 14.9. The third-order valence-electron chi connectivity index (χ3n) is 4.03. The summed E-state index contributed by atoms with van der Waals surface area (Å²) < 4.78 is 11.0. The topological polar surface area (TPSA) is 54.7 Å². The second-order valence-corrected chi connectivity index (χ2v) is 6.31. The van der Waals surface area contributed by atoms with Gasteiger partial charge >= 0.3 is 0 Å². The summed E-state index contributed by atoms with van der Waals surface area (Å²) in [6, 6.07) is 13.3. The number of methoxy groups -OCH3 is 1. The molecule has 0 aliphatic carbocycles. The highest BCUT2D eigenvalue weighted by atomic mass is 16.5. The van der Waals surface area contributed by atoms with Crippen molar-refractivity contribution in [1.29, 1.82) is 0 Å². The number of aryl methyl sites for hydroxylation is 1. The summed E-state index contributed by atoms with van der Waals surface area (Å²) in [5, 5.41) is 3.80. The van der Waals surface area contributed by atoms with Crippen molar-refractivity contribution >= 4 is 22.6 Å². The fraction of sp³-hybridized carbons (Fsp3) is 0.250. The predicted molar refractivity (Wildman–Crippen MR) is 99.3 cm³/mol. The van der Waals surface area contributed by atoms with Crippen LogP contribution in [0.1, 0.15) is 21.7 Å². The van der Waals surface area contributed by atoms with Gasteiger partial charge in [-0.15, -0.1) is 0 Å². The SMILES string of the molecule is COc1ccc2oc(C(=O)Nc3cccc(CN(C)C)c3)c(C)c2c1. The van der Waals surface area contributed by atoms with E-state index in [1.54, 1.807) is 7.11 Å². The standard InChI is InChI=1S/C20H22N2O3/c1-13-17-11-16(24-4)8-9-18(17)25-19(13)20(23)21-15-7-5-6-14(10-15)12-22(2)3/h5-11H,12H2,1-4H3,(H,21,23). The number of nitrogens with one attached hydrogen (secondary N) is 1. The van der Waals surface area contributed by atoms with Crippen molar-refractivity contribution in [2.24, 2.45) is 0 Å². The number of carbonyl (C=O) groups is 1. The van der Waals surface area contributed by atoms with Crippen LogP contribution in [0.15, 0.2) is 46.9 Å². The van der Waals surface area contributed by atoms with Gasteiger partial charge in [-0.1, -0.05) is 12.1 Å². The Morgan fingerprint density at radius 1 is 1.20 bits per heavy atom. The number of ether oxygens (including phenoxy) is 1. The summed E-state index contributed by atoms with van der Waals surface area (Å²) in [5.41, 5.74) is 3.36. The smallest absolute Gasteiger partial charge is 0.291 e. The van der Waals surface area contributed by atoms with Gasteiger partial charge in [0.2, 0.25) is 0 Å². The van der Waals surface area contributed by atoms with E-state index in [0.717, 1.165) is 34.5 Å². The van der Waals surface area contributed by atoms with Gasteiger partial charge in [0.1, 0.15) is 11.3 Å². The summed E-state index contributed by atoms with van der Waals surface area (Å²) in [7, 11) is 5.64. The molecule has 25 heavy (non-hydrogen) atoms. The van der Waals surface area contributed by atoms with Gasteiger partial charge in [-0.25, -0.2) is 0 Å². The molecule has 0 aliphatic heterocycles. The van der Waals surface area contributed by atoms with E-state index in [-0.39, 0.29) is 5.91 Å². The second-order valence-electron chi connectivity index (χ2n) is 6.31. The summed E-state index contributed by atoms with van der Waals surface area (Å²) >= 11 is 0. The average molecular weight is 338 g/mol. The van der Waals surface area contributed by atoms with Crippen LogP contribution in [0, 0.1) is 6.92 Å². The lowest BCUT2D eigenvalue weighted by atomic mass is 10.1. The Hall–Kier alpha value is -2.79. The Morgan fingerprint density at radius 2 is 2.00 bits per heavy atom. The normalized spacial score (nSPS) is 11.1. The number of hydrogen-bond donors (Lipinski definition) is 1. The van der Waals surface area contributed by atoms with Crippen molar-refractivity contribution in [2.75, 3.05) is 26.5 Å². The van der Waals surface area contributed by atoms with Crippen LogP contribution in [0.3, 0.4) is 0 Å². The van der Waals surface area contributed by atoms with E-state index < -0.39 is 0 Å². The molecule has 3 aromatic rings. The highest BCUT2D eigenvalue weighted by molar-refractivity contribution is 6.06. The van der Waals surface area contributed by atoms with Crippen LogP contribution in [0.2, 0.25) is 0 Å². The van der Waals surface area contributed by atoms with E-state index in [0.29, 0.717) is 11.3 Å². The van der Waals surface area contributed by atoms with Crippen molar-refractivity contribution in [1.82, 2.24) is 4.90 Å². The van der Waals surface area contributed by atoms with E-state index in [9.17, 15) is 4.79 Å². The lowest BCUT2D eigenvalue weighted by Crippen LogP contribution is -2.13. The minimum Gasteiger partial charge on any atom is -0.497 e. The molecule has 0 unspecified atom stereocenters. The maximum Gasteiger partial charge on any atom is 0.291 e. The van der Waals surface area contributed by atoms with E-state index in [1.165, 1.54) is 0 Å². The number of anilines is 1. The van der Waals surface area contributed by atoms with Gasteiger partial charge in [-0.05, 0) is 56.9 Å². The molecule has 1 aromatic heterocycles. The quantitative estimate of drug-likeness (QED) is 0.762. The number of hydrogen-bond acceptors (Lipinski definition) is 4. The molecule has 130 valence electrons. The van der Waals surface area contributed by atoms with Crippen LogP contribution >= 0.6 is 0 Å². The summed E-state index contributed by atoms with van der Waals surface area (Å²) in [6.45, 7) is 2.69. The zero-order chi connectivity index (χ0) is 18.0. The molecule has 0 aliphatic rings. The third kappa shape index (κ3) is 3.67. The monoisotopic (exact) mass is 338 g/mol.